The number of sulfonamides is 1. The summed E-state index contributed by atoms with van der Waals surface area (Å²) in [4.78, 5) is 27.1. The Balaban J connectivity index is 1.60. The number of rotatable bonds is 5. The number of methoxy groups -OCH3 is 1. The Hall–Kier alpha value is -2.91. The number of benzene rings is 2. The summed E-state index contributed by atoms with van der Waals surface area (Å²) in [6.07, 6.45) is 3.05. The summed E-state index contributed by atoms with van der Waals surface area (Å²) in [5, 5.41) is 2.82. The summed E-state index contributed by atoms with van der Waals surface area (Å²) in [5.41, 5.74) is 2.40. The van der Waals surface area contributed by atoms with E-state index in [0.717, 1.165) is 30.4 Å². The maximum atomic E-state index is 13.3. The molecule has 2 aromatic carbocycles. The van der Waals surface area contributed by atoms with Gasteiger partial charge >= 0.3 is 0 Å². The Kier molecular flexibility index (Phi) is 6.71. The summed E-state index contributed by atoms with van der Waals surface area (Å²) in [5.74, 6) is -0.311. The van der Waals surface area contributed by atoms with E-state index in [1.807, 2.05) is 24.3 Å². The number of carbonyl (C=O) groups is 2. The number of hydrogen-bond acceptors (Lipinski definition) is 5. The molecule has 2 amide bonds. The van der Waals surface area contributed by atoms with Crippen molar-refractivity contribution in [3.8, 4) is 5.75 Å². The topological polar surface area (TPSA) is 96.0 Å². The van der Waals surface area contributed by atoms with Crippen LogP contribution in [0.25, 0.3) is 0 Å². The van der Waals surface area contributed by atoms with Crippen molar-refractivity contribution in [1.29, 1.82) is 0 Å². The molecule has 1 atom stereocenters. The summed E-state index contributed by atoms with van der Waals surface area (Å²) in [6, 6.07) is 11.7. The van der Waals surface area contributed by atoms with Crippen molar-refractivity contribution >= 4 is 27.5 Å². The van der Waals surface area contributed by atoms with E-state index in [1.54, 1.807) is 17.0 Å². The lowest BCUT2D eigenvalue weighted by atomic mass is 9.93. The van der Waals surface area contributed by atoms with E-state index in [9.17, 15) is 18.0 Å². The molecule has 2 aliphatic heterocycles. The zero-order valence-electron chi connectivity index (χ0n) is 18.9. The quantitative estimate of drug-likeness (QED) is 0.724. The molecule has 0 saturated carbocycles. The van der Waals surface area contributed by atoms with Crippen LogP contribution in [0.5, 0.6) is 5.75 Å². The van der Waals surface area contributed by atoms with Crippen LogP contribution in [0.2, 0.25) is 0 Å². The van der Waals surface area contributed by atoms with E-state index in [1.165, 1.54) is 24.4 Å². The predicted octanol–water partition coefficient (Wildman–Crippen LogP) is 2.78. The molecule has 0 aliphatic carbocycles. The molecular weight excluding hydrogens is 442 g/mol. The highest BCUT2D eigenvalue weighted by Crippen LogP contribution is 2.32. The first-order chi connectivity index (χ1) is 15.8. The van der Waals surface area contributed by atoms with Gasteiger partial charge < -0.3 is 15.0 Å². The Labute approximate surface area is 194 Å². The molecule has 0 radical (unpaired) electrons. The van der Waals surface area contributed by atoms with Gasteiger partial charge in [-0.25, -0.2) is 8.42 Å². The number of carbonyl (C=O) groups excluding carboxylic acids is 2. The first-order valence-electron chi connectivity index (χ1n) is 11.1. The second-order valence-electron chi connectivity index (χ2n) is 8.46. The molecule has 1 saturated heterocycles. The molecule has 33 heavy (non-hydrogen) atoms. The van der Waals surface area contributed by atoms with Crippen LogP contribution in [-0.2, 0) is 32.6 Å². The molecule has 2 aromatic rings. The molecule has 4 rings (SSSR count). The van der Waals surface area contributed by atoms with Crippen LogP contribution in [0.15, 0.2) is 47.4 Å². The van der Waals surface area contributed by atoms with Crippen LogP contribution in [0.4, 0.5) is 5.69 Å². The first-order valence-corrected chi connectivity index (χ1v) is 12.6. The average Bonchev–Trinajstić information content (AvgIpc) is 2.83. The molecular formula is C24H29N3O5S. The van der Waals surface area contributed by atoms with E-state index >= 15 is 0 Å². The number of fused-ring (bicyclic) bond motifs is 1. The number of hydrogen-bond donors (Lipinski definition) is 1. The lowest BCUT2D eigenvalue weighted by molar-refractivity contribution is -0.138. The normalized spacial score (nSPS) is 19.0. The van der Waals surface area contributed by atoms with Crippen LogP contribution in [0, 0.1) is 0 Å². The lowest BCUT2D eigenvalue weighted by Gasteiger charge is -2.35. The Morgan fingerprint density at radius 2 is 1.73 bits per heavy atom. The molecule has 0 unspecified atom stereocenters. The van der Waals surface area contributed by atoms with E-state index in [2.05, 4.69) is 5.32 Å². The van der Waals surface area contributed by atoms with Crippen LogP contribution >= 0.6 is 0 Å². The smallest absolute Gasteiger partial charge is 0.247 e. The van der Waals surface area contributed by atoms with E-state index in [-0.39, 0.29) is 22.5 Å². The minimum atomic E-state index is -3.76. The molecule has 2 aliphatic rings. The molecule has 0 bridgehead atoms. The van der Waals surface area contributed by atoms with E-state index in [0.29, 0.717) is 31.7 Å². The van der Waals surface area contributed by atoms with Gasteiger partial charge in [-0.15, -0.1) is 0 Å². The maximum absolute atomic E-state index is 13.3. The number of nitrogens with zero attached hydrogens (tertiary/aromatic N) is 2. The van der Waals surface area contributed by atoms with Gasteiger partial charge in [0.2, 0.25) is 21.8 Å². The molecule has 1 N–H and O–H groups in total. The molecule has 2 heterocycles. The third-order valence-electron chi connectivity index (χ3n) is 6.32. The van der Waals surface area contributed by atoms with Crippen molar-refractivity contribution in [3.63, 3.8) is 0 Å². The number of piperidine rings is 1. The number of ether oxygens (including phenoxy) is 1. The number of amides is 2. The van der Waals surface area contributed by atoms with Gasteiger partial charge in [0.1, 0.15) is 16.7 Å². The Morgan fingerprint density at radius 1 is 1.03 bits per heavy atom. The SMILES string of the molecule is COc1ccc(NC(=O)[C@H]2Cc3ccccc3CN2C(C)=O)cc1S(=O)(=O)N1CCCCC1. The monoisotopic (exact) mass is 471 g/mol. The second-order valence-corrected chi connectivity index (χ2v) is 10.4. The van der Waals surface area contributed by atoms with Crippen molar-refractivity contribution in [2.24, 2.45) is 0 Å². The van der Waals surface area contributed by atoms with Gasteiger partial charge in [0.15, 0.2) is 0 Å². The van der Waals surface area contributed by atoms with Crippen molar-refractivity contribution in [2.75, 3.05) is 25.5 Å². The molecule has 0 spiro atoms. The Morgan fingerprint density at radius 3 is 2.39 bits per heavy atom. The van der Waals surface area contributed by atoms with Gasteiger partial charge in [-0.2, -0.15) is 4.31 Å². The third-order valence-corrected chi connectivity index (χ3v) is 8.24. The van der Waals surface area contributed by atoms with Gasteiger partial charge in [-0.1, -0.05) is 30.7 Å². The maximum Gasteiger partial charge on any atom is 0.247 e. The van der Waals surface area contributed by atoms with Crippen molar-refractivity contribution in [3.05, 3.63) is 53.6 Å². The zero-order valence-corrected chi connectivity index (χ0v) is 19.7. The summed E-state index contributed by atoms with van der Waals surface area (Å²) >= 11 is 0. The van der Waals surface area contributed by atoms with Gasteiger partial charge in [-0.05, 0) is 42.2 Å². The average molecular weight is 472 g/mol. The second kappa shape index (κ2) is 9.52. The van der Waals surface area contributed by atoms with Crippen LogP contribution in [0.1, 0.15) is 37.3 Å². The molecule has 176 valence electrons. The first kappa shape index (κ1) is 23.3. The number of anilines is 1. The van der Waals surface area contributed by atoms with Crippen LogP contribution in [0.3, 0.4) is 0 Å². The fourth-order valence-corrected chi connectivity index (χ4v) is 6.21. The van der Waals surface area contributed by atoms with E-state index < -0.39 is 16.1 Å². The number of nitrogens with one attached hydrogen (secondary N) is 1. The highest BCUT2D eigenvalue weighted by Gasteiger charge is 2.34. The fraction of sp³-hybridized carbons (Fsp3) is 0.417. The lowest BCUT2D eigenvalue weighted by Crippen LogP contribution is -2.49. The van der Waals surface area contributed by atoms with E-state index in [4.69, 9.17) is 4.74 Å². The van der Waals surface area contributed by atoms with Crippen molar-refractivity contribution in [1.82, 2.24) is 9.21 Å². The van der Waals surface area contributed by atoms with Crippen LogP contribution in [-0.4, -0.2) is 55.7 Å². The minimum Gasteiger partial charge on any atom is -0.495 e. The van der Waals surface area contributed by atoms with Gasteiger partial charge in [-0.3, -0.25) is 9.59 Å². The molecule has 8 nitrogen and oxygen atoms in total. The minimum absolute atomic E-state index is 0.0297. The summed E-state index contributed by atoms with van der Waals surface area (Å²) in [7, 11) is -2.34. The standard InChI is InChI=1S/C24H29N3O5S/c1-17(28)27-16-19-9-5-4-8-18(19)14-21(27)24(29)25-20-10-11-22(32-2)23(15-20)33(30,31)26-12-6-3-7-13-26/h4-5,8-11,15,21H,3,6-7,12-14,16H2,1-2H3,(H,25,29)/t21-/m1/s1. The van der Waals surface area contributed by atoms with Gasteiger partial charge in [0, 0.05) is 38.7 Å². The highest BCUT2D eigenvalue weighted by molar-refractivity contribution is 7.89. The fourth-order valence-electron chi connectivity index (χ4n) is 4.51. The molecule has 0 aromatic heterocycles. The third kappa shape index (κ3) is 4.74. The highest BCUT2D eigenvalue weighted by atomic mass is 32.2. The summed E-state index contributed by atoms with van der Waals surface area (Å²) in [6.45, 7) is 2.75. The van der Waals surface area contributed by atoms with Crippen molar-refractivity contribution in [2.45, 2.75) is 50.1 Å². The van der Waals surface area contributed by atoms with Gasteiger partial charge in [0.05, 0.1) is 7.11 Å². The largest absolute Gasteiger partial charge is 0.495 e. The molecule has 9 heteroatoms. The predicted molar refractivity (Wildman–Crippen MR) is 124 cm³/mol. The van der Waals surface area contributed by atoms with Crippen molar-refractivity contribution < 1.29 is 22.7 Å². The molecule has 1 fully saturated rings. The summed E-state index contributed by atoms with van der Waals surface area (Å²) < 4.78 is 33.3. The van der Waals surface area contributed by atoms with Crippen LogP contribution < -0.4 is 10.1 Å². The zero-order chi connectivity index (χ0) is 23.6. The van der Waals surface area contributed by atoms with Gasteiger partial charge in [0.25, 0.3) is 0 Å². The Bertz CT molecular complexity index is 1160.